The quantitative estimate of drug-likeness (QED) is 0.565. The molecule has 1 aromatic rings. The molecule has 14 heavy (non-hydrogen) atoms. The molecular formula is C7H6F4N2O. The Bertz CT molecular complexity index is 302. The summed E-state index contributed by atoms with van der Waals surface area (Å²) in [5.74, 6) is -1.05. The molecule has 0 aliphatic carbocycles. The highest BCUT2D eigenvalue weighted by atomic mass is 19.4. The Morgan fingerprint density at radius 2 is 2.00 bits per heavy atom. The highest BCUT2D eigenvalue weighted by Gasteiger charge is 2.26. The Kier molecular flexibility index (Phi) is 3.21. The van der Waals surface area contributed by atoms with E-state index in [-0.39, 0.29) is 5.88 Å². The van der Waals surface area contributed by atoms with E-state index in [4.69, 9.17) is 0 Å². The van der Waals surface area contributed by atoms with Crippen LogP contribution in [0, 0.1) is 5.95 Å². The molecule has 0 atom stereocenters. The minimum atomic E-state index is -4.29. The topological polar surface area (TPSA) is 35.0 Å². The van der Waals surface area contributed by atoms with Gasteiger partial charge in [0.2, 0.25) is 11.8 Å². The maximum absolute atomic E-state index is 12.4. The lowest BCUT2D eigenvalue weighted by atomic mass is 10.4. The lowest BCUT2D eigenvalue weighted by Crippen LogP contribution is -2.13. The fourth-order valence-corrected chi connectivity index (χ4v) is 0.668. The number of aromatic nitrogens is 2. The number of hydrogen-bond donors (Lipinski definition) is 0. The van der Waals surface area contributed by atoms with Crippen molar-refractivity contribution in [2.75, 3.05) is 6.61 Å². The molecule has 1 aromatic heterocycles. The molecule has 3 nitrogen and oxygen atoms in total. The zero-order chi connectivity index (χ0) is 10.6. The largest absolute Gasteiger partial charge is 0.477 e. The highest BCUT2D eigenvalue weighted by Crippen LogP contribution is 2.19. The molecule has 78 valence electrons. The van der Waals surface area contributed by atoms with E-state index in [1.807, 2.05) is 0 Å². The first-order valence-electron chi connectivity index (χ1n) is 3.64. The third kappa shape index (κ3) is 4.01. The van der Waals surface area contributed by atoms with Gasteiger partial charge in [-0.2, -0.15) is 17.6 Å². The van der Waals surface area contributed by atoms with Gasteiger partial charge >= 0.3 is 6.18 Å². The Labute approximate surface area is 76.7 Å². The smallest absolute Gasteiger partial charge is 0.392 e. The van der Waals surface area contributed by atoms with Crippen LogP contribution in [-0.4, -0.2) is 22.8 Å². The summed E-state index contributed by atoms with van der Waals surface area (Å²) in [5.41, 5.74) is 0. The molecule has 0 aliphatic heterocycles. The lowest BCUT2D eigenvalue weighted by molar-refractivity contribution is -0.139. The van der Waals surface area contributed by atoms with Gasteiger partial charge in [0.1, 0.15) is 6.33 Å². The summed E-state index contributed by atoms with van der Waals surface area (Å²) in [6.07, 6.45) is -4.51. The van der Waals surface area contributed by atoms with Crippen LogP contribution < -0.4 is 4.74 Å². The molecular weight excluding hydrogens is 204 g/mol. The molecule has 0 radical (unpaired) electrons. The Balaban J connectivity index is 2.39. The van der Waals surface area contributed by atoms with Gasteiger partial charge in [0.05, 0.1) is 19.1 Å². The van der Waals surface area contributed by atoms with Gasteiger partial charge < -0.3 is 4.74 Å². The normalized spacial score (nSPS) is 11.4. The van der Waals surface area contributed by atoms with Crippen molar-refractivity contribution >= 4 is 0 Å². The summed E-state index contributed by atoms with van der Waals surface area (Å²) < 4.78 is 51.9. The Morgan fingerprint density at radius 1 is 1.29 bits per heavy atom. The van der Waals surface area contributed by atoms with E-state index < -0.39 is 25.2 Å². The minimum Gasteiger partial charge on any atom is -0.477 e. The zero-order valence-corrected chi connectivity index (χ0v) is 6.88. The van der Waals surface area contributed by atoms with Gasteiger partial charge in [-0.1, -0.05) is 0 Å². The molecule has 0 bridgehead atoms. The van der Waals surface area contributed by atoms with Gasteiger partial charge in [-0.3, -0.25) is 0 Å². The van der Waals surface area contributed by atoms with Crippen LogP contribution in [-0.2, 0) is 0 Å². The van der Waals surface area contributed by atoms with Gasteiger partial charge in [-0.05, 0) is 0 Å². The van der Waals surface area contributed by atoms with Crippen LogP contribution in [0.4, 0.5) is 17.6 Å². The van der Waals surface area contributed by atoms with E-state index in [1.165, 1.54) is 0 Å². The first-order chi connectivity index (χ1) is 6.47. The van der Waals surface area contributed by atoms with Crippen molar-refractivity contribution in [1.29, 1.82) is 0 Å². The second kappa shape index (κ2) is 4.21. The molecule has 7 heteroatoms. The first-order valence-corrected chi connectivity index (χ1v) is 3.64. The van der Waals surface area contributed by atoms with Crippen LogP contribution >= 0.6 is 0 Å². The number of ether oxygens (including phenoxy) is 1. The molecule has 0 spiro atoms. The summed E-state index contributed by atoms with van der Waals surface area (Å²) in [7, 11) is 0. The summed E-state index contributed by atoms with van der Waals surface area (Å²) >= 11 is 0. The van der Waals surface area contributed by atoms with Gasteiger partial charge in [-0.15, -0.1) is 0 Å². The van der Waals surface area contributed by atoms with Crippen molar-refractivity contribution in [3.63, 3.8) is 0 Å². The lowest BCUT2D eigenvalue weighted by Gasteiger charge is -2.06. The summed E-state index contributed by atoms with van der Waals surface area (Å²) in [6, 6.07) is 0.816. The monoisotopic (exact) mass is 210 g/mol. The van der Waals surface area contributed by atoms with Gasteiger partial charge in [0, 0.05) is 0 Å². The molecule has 0 saturated carbocycles. The molecule has 0 aromatic carbocycles. The summed E-state index contributed by atoms with van der Waals surface area (Å²) in [4.78, 5) is 6.54. The van der Waals surface area contributed by atoms with Crippen molar-refractivity contribution in [3.05, 3.63) is 18.3 Å². The van der Waals surface area contributed by atoms with Gasteiger partial charge in [0.15, 0.2) is 0 Å². The molecule has 0 fully saturated rings. The van der Waals surface area contributed by atoms with E-state index in [0.717, 1.165) is 12.4 Å². The van der Waals surface area contributed by atoms with E-state index in [1.54, 1.807) is 0 Å². The van der Waals surface area contributed by atoms with Crippen LogP contribution in [0.2, 0.25) is 0 Å². The number of alkyl halides is 3. The fraction of sp³-hybridized carbons (Fsp3) is 0.429. The van der Waals surface area contributed by atoms with Gasteiger partial charge in [0.25, 0.3) is 0 Å². The third-order valence-corrected chi connectivity index (χ3v) is 1.24. The predicted molar refractivity (Wildman–Crippen MR) is 38.2 cm³/mol. The Morgan fingerprint density at radius 3 is 2.57 bits per heavy atom. The average molecular weight is 210 g/mol. The van der Waals surface area contributed by atoms with Crippen LogP contribution in [0.5, 0.6) is 5.88 Å². The van der Waals surface area contributed by atoms with Crippen LogP contribution in [0.3, 0.4) is 0 Å². The highest BCUT2D eigenvalue weighted by molar-refractivity contribution is 5.05. The molecule has 0 amide bonds. The van der Waals surface area contributed by atoms with Crippen molar-refractivity contribution in [1.82, 2.24) is 9.97 Å². The van der Waals surface area contributed by atoms with E-state index in [2.05, 4.69) is 14.7 Å². The number of hydrogen-bond acceptors (Lipinski definition) is 3. The molecule has 0 unspecified atom stereocenters. The maximum Gasteiger partial charge on any atom is 0.392 e. The minimum absolute atomic E-state index is 0.207. The predicted octanol–water partition coefficient (Wildman–Crippen LogP) is 1.95. The second-order valence-electron chi connectivity index (χ2n) is 2.39. The molecule has 0 saturated heterocycles. The number of halogens is 4. The molecule has 0 aliphatic rings. The SMILES string of the molecule is Fc1cc(OCCC(F)(F)F)ncn1. The zero-order valence-electron chi connectivity index (χ0n) is 6.88. The average Bonchev–Trinajstić information content (AvgIpc) is 2.01. The van der Waals surface area contributed by atoms with Crippen molar-refractivity contribution in [2.45, 2.75) is 12.6 Å². The van der Waals surface area contributed by atoms with Crippen LogP contribution in [0.25, 0.3) is 0 Å². The number of rotatable bonds is 3. The van der Waals surface area contributed by atoms with Crippen LogP contribution in [0.15, 0.2) is 12.4 Å². The van der Waals surface area contributed by atoms with E-state index in [9.17, 15) is 17.6 Å². The van der Waals surface area contributed by atoms with E-state index >= 15 is 0 Å². The van der Waals surface area contributed by atoms with E-state index in [0.29, 0.717) is 0 Å². The molecule has 1 rings (SSSR count). The van der Waals surface area contributed by atoms with Crippen LogP contribution in [0.1, 0.15) is 6.42 Å². The third-order valence-electron chi connectivity index (χ3n) is 1.24. The maximum atomic E-state index is 12.4. The first kappa shape index (κ1) is 10.7. The van der Waals surface area contributed by atoms with Crippen molar-refractivity contribution < 1.29 is 22.3 Å². The Hall–Kier alpha value is -1.40. The van der Waals surface area contributed by atoms with Crippen molar-refractivity contribution in [3.8, 4) is 5.88 Å². The summed E-state index contributed by atoms with van der Waals surface area (Å²) in [5, 5.41) is 0. The summed E-state index contributed by atoms with van der Waals surface area (Å²) in [6.45, 7) is -0.583. The van der Waals surface area contributed by atoms with Gasteiger partial charge in [-0.25, -0.2) is 9.97 Å². The molecule has 0 N–H and O–H groups in total. The standard InChI is InChI=1S/C7H6F4N2O/c8-5-3-6(13-4-12-5)14-2-1-7(9,10)11/h3-4H,1-2H2. The fourth-order valence-electron chi connectivity index (χ4n) is 0.668. The second-order valence-corrected chi connectivity index (χ2v) is 2.39. The molecule has 1 heterocycles. The number of nitrogens with zero attached hydrogens (tertiary/aromatic N) is 2. The van der Waals surface area contributed by atoms with Crippen molar-refractivity contribution in [2.24, 2.45) is 0 Å².